The molecule has 0 aliphatic carbocycles. The van der Waals surface area contributed by atoms with Crippen molar-refractivity contribution in [2.24, 2.45) is 0 Å². The molecule has 0 aromatic heterocycles. The van der Waals surface area contributed by atoms with Gasteiger partial charge in [0.05, 0.1) is 11.3 Å². The fourth-order valence-corrected chi connectivity index (χ4v) is 2.99. The van der Waals surface area contributed by atoms with Gasteiger partial charge < -0.3 is 10.2 Å². The normalized spacial score (nSPS) is 10.3. The van der Waals surface area contributed by atoms with Gasteiger partial charge in [0.2, 0.25) is 0 Å². The summed E-state index contributed by atoms with van der Waals surface area (Å²) < 4.78 is 0. The molecule has 3 aromatic rings. The molecule has 0 spiro atoms. The summed E-state index contributed by atoms with van der Waals surface area (Å²) in [5.41, 5.74) is 2.13. The third kappa shape index (κ3) is 4.36. The minimum atomic E-state index is -0.319. The highest BCUT2D eigenvalue weighted by Crippen LogP contribution is 2.22. The number of amides is 2. The Morgan fingerprint density at radius 3 is 2.33 bits per heavy atom. The van der Waals surface area contributed by atoms with Crippen molar-refractivity contribution < 1.29 is 9.59 Å². The highest BCUT2D eigenvalue weighted by Gasteiger charge is 2.20. The Labute approximate surface area is 163 Å². The van der Waals surface area contributed by atoms with E-state index in [4.69, 9.17) is 11.6 Å². The van der Waals surface area contributed by atoms with Gasteiger partial charge in [0.25, 0.3) is 11.8 Å². The fourth-order valence-electron chi connectivity index (χ4n) is 2.80. The Bertz CT molecular complexity index is 957. The molecule has 1 N–H and O–H groups in total. The first-order valence-corrected chi connectivity index (χ1v) is 9.01. The molecule has 0 atom stereocenters. The molecule has 0 unspecified atom stereocenters. The summed E-state index contributed by atoms with van der Waals surface area (Å²) in [4.78, 5) is 27.3. The van der Waals surface area contributed by atoms with Gasteiger partial charge in [-0.15, -0.1) is 0 Å². The predicted molar refractivity (Wildman–Crippen MR) is 110 cm³/mol. The lowest BCUT2D eigenvalue weighted by Crippen LogP contribution is -2.31. The molecule has 0 saturated carbocycles. The lowest BCUT2D eigenvalue weighted by molar-refractivity contribution is 0.0989. The minimum absolute atomic E-state index is 0.175. The maximum absolute atomic E-state index is 13.1. The van der Waals surface area contributed by atoms with Crippen LogP contribution in [0.4, 0.5) is 11.4 Å². The SMILES string of the molecule is CCN(C(=O)c1ccccc1NC(=O)c1cccc(Cl)c1)c1ccccc1. The summed E-state index contributed by atoms with van der Waals surface area (Å²) in [5, 5.41) is 3.30. The van der Waals surface area contributed by atoms with Gasteiger partial charge in [-0.05, 0) is 49.4 Å². The number of carbonyl (C=O) groups is 2. The van der Waals surface area contributed by atoms with Crippen LogP contribution in [-0.2, 0) is 0 Å². The fraction of sp³-hybridized carbons (Fsp3) is 0.0909. The van der Waals surface area contributed by atoms with Gasteiger partial charge in [-0.3, -0.25) is 9.59 Å². The van der Waals surface area contributed by atoms with Crippen molar-refractivity contribution in [2.45, 2.75) is 6.92 Å². The molecular formula is C22H19ClN2O2. The van der Waals surface area contributed by atoms with Crippen LogP contribution in [0.15, 0.2) is 78.9 Å². The molecule has 27 heavy (non-hydrogen) atoms. The highest BCUT2D eigenvalue weighted by molar-refractivity contribution is 6.31. The second-order valence-electron chi connectivity index (χ2n) is 5.90. The Morgan fingerprint density at radius 1 is 0.926 bits per heavy atom. The van der Waals surface area contributed by atoms with E-state index in [0.717, 1.165) is 5.69 Å². The number of anilines is 2. The van der Waals surface area contributed by atoms with Gasteiger partial charge in [-0.2, -0.15) is 0 Å². The number of halogens is 1. The number of benzene rings is 3. The lowest BCUT2D eigenvalue weighted by atomic mass is 10.1. The molecule has 4 nitrogen and oxygen atoms in total. The Hall–Kier alpha value is -3.11. The Morgan fingerprint density at radius 2 is 1.63 bits per heavy atom. The summed E-state index contributed by atoms with van der Waals surface area (Å²) in [7, 11) is 0. The first kappa shape index (κ1) is 18.7. The topological polar surface area (TPSA) is 49.4 Å². The van der Waals surface area contributed by atoms with E-state index in [1.807, 2.05) is 37.3 Å². The van der Waals surface area contributed by atoms with E-state index in [2.05, 4.69) is 5.32 Å². The van der Waals surface area contributed by atoms with Crippen LogP contribution in [0.25, 0.3) is 0 Å². The standard InChI is InChI=1S/C22H19ClN2O2/c1-2-25(18-11-4-3-5-12-18)22(27)19-13-6-7-14-20(19)24-21(26)16-9-8-10-17(23)15-16/h3-15H,2H2,1H3,(H,24,26). The molecule has 5 heteroatoms. The lowest BCUT2D eigenvalue weighted by Gasteiger charge is -2.22. The van der Waals surface area contributed by atoms with Crippen LogP contribution < -0.4 is 10.2 Å². The van der Waals surface area contributed by atoms with Crippen LogP contribution >= 0.6 is 11.6 Å². The van der Waals surface area contributed by atoms with Crippen molar-refractivity contribution in [3.63, 3.8) is 0 Å². The monoisotopic (exact) mass is 378 g/mol. The Balaban J connectivity index is 1.89. The van der Waals surface area contributed by atoms with Crippen molar-refractivity contribution >= 4 is 34.8 Å². The summed E-state index contributed by atoms with van der Waals surface area (Å²) in [5.74, 6) is -0.494. The van der Waals surface area contributed by atoms with Gasteiger partial charge >= 0.3 is 0 Å². The molecule has 0 aliphatic rings. The van der Waals surface area contributed by atoms with Crippen LogP contribution in [0.3, 0.4) is 0 Å². The van der Waals surface area contributed by atoms with Crippen molar-refractivity contribution in [2.75, 3.05) is 16.8 Å². The Kier molecular flexibility index (Phi) is 5.89. The van der Waals surface area contributed by atoms with Gasteiger partial charge in [-0.1, -0.05) is 48.0 Å². The van der Waals surface area contributed by atoms with E-state index in [-0.39, 0.29) is 11.8 Å². The van der Waals surface area contributed by atoms with Crippen LogP contribution in [0.2, 0.25) is 5.02 Å². The second-order valence-corrected chi connectivity index (χ2v) is 6.33. The van der Waals surface area contributed by atoms with Gasteiger partial charge in [-0.25, -0.2) is 0 Å². The van der Waals surface area contributed by atoms with Crippen molar-refractivity contribution in [1.82, 2.24) is 0 Å². The van der Waals surface area contributed by atoms with Crippen LogP contribution in [0.1, 0.15) is 27.6 Å². The zero-order valence-corrected chi connectivity index (χ0v) is 15.6. The molecule has 0 fully saturated rings. The average molecular weight is 379 g/mol. The van der Waals surface area contributed by atoms with Crippen molar-refractivity contribution in [3.05, 3.63) is 95.0 Å². The molecule has 0 radical (unpaired) electrons. The van der Waals surface area contributed by atoms with Gasteiger partial charge in [0.1, 0.15) is 0 Å². The van der Waals surface area contributed by atoms with E-state index >= 15 is 0 Å². The van der Waals surface area contributed by atoms with E-state index < -0.39 is 0 Å². The smallest absolute Gasteiger partial charge is 0.260 e. The van der Waals surface area contributed by atoms with Gasteiger partial charge in [0.15, 0.2) is 0 Å². The summed E-state index contributed by atoms with van der Waals surface area (Å²) in [6, 6.07) is 23.1. The largest absolute Gasteiger partial charge is 0.321 e. The molecule has 2 amide bonds. The quantitative estimate of drug-likeness (QED) is 0.658. The molecule has 0 heterocycles. The number of nitrogens with zero attached hydrogens (tertiary/aromatic N) is 1. The number of rotatable bonds is 5. The van der Waals surface area contributed by atoms with Crippen molar-refractivity contribution in [3.8, 4) is 0 Å². The van der Waals surface area contributed by atoms with Crippen LogP contribution in [0.5, 0.6) is 0 Å². The van der Waals surface area contributed by atoms with Crippen LogP contribution in [-0.4, -0.2) is 18.4 Å². The predicted octanol–water partition coefficient (Wildman–Crippen LogP) is 5.26. The molecule has 3 rings (SSSR count). The molecule has 0 bridgehead atoms. The van der Waals surface area contributed by atoms with E-state index in [1.165, 1.54) is 0 Å². The third-order valence-corrected chi connectivity index (χ3v) is 4.36. The number of nitrogens with one attached hydrogen (secondary N) is 1. The molecule has 136 valence electrons. The summed E-state index contributed by atoms with van der Waals surface area (Å²) in [6.45, 7) is 2.43. The second kappa shape index (κ2) is 8.52. The maximum Gasteiger partial charge on any atom is 0.260 e. The van der Waals surface area contributed by atoms with Crippen molar-refractivity contribution in [1.29, 1.82) is 0 Å². The number of hydrogen-bond donors (Lipinski definition) is 1. The van der Waals surface area contributed by atoms with E-state index in [0.29, 0.717) is 28.4 Å². The summed E-state index contributed by atoms with van der Waals surface area (Å²) in [6.07, 6.45) is 0. The third-order valence-electron chi connectivity index (χ3n) is 4.12. The summed E-state index contributed by atoms with van der Waals surface area (Å²) >= 11 is 5.96. The zero-order chi connectivity index (χ0) is 19.2. The van der Waals surface area contributed by atoms with E-state index in [9.17, 15) is 9.59 Å². The molecule has 0 saturated heterocycles. The first-order valence-electron chi connectivity index (χ1n) is 8.63. The highest BCUT2D eigenvalue weighted by atomic mass is 35.5. The number of carbonyl (C=O) groups excluding carboxylic acids is 2. The maximum atomic E-state index is 13.1. The minimum Gasteiger partial charge on any atom is -0.321 e. The van der Waals surface area contributed by atoms with E-state index in [1.54, 1.807) is 53.4 Å². The first-order chi connectivity index (χ1) is 13.1. The van der Waals surface area contributed by atoms with Gasteiger partial charge in [0, 0.05) is 22.8 Å². The zero-order valence-electron chi connectivity index (χ0n) is 14.9. The number of hydrogen-bond acceptors (Lipinski definition) is 2. The molecule has 0 aliphatic heterocycles. The number of para-hydroxylation sites is 2. The van der Waals surface area contributed by atoms with Crippen LogP contribution in [0, 0.1) is 0 Å². The molecular weight excluding hydrogens is 360 g/mol. The molecule has 3 aromatic carbocycles. The average Bonchev–Trinajstić information content (AvgIpc) is 2.69.